The molecule has 1 atom stereocenters. The molecule has 0 aromatic rings. The molecule has 1 N–H and O–H groups in total. The highest BCUT2D eigenvalue weighted by atomic mass is 16.5. The van der Waals surface area contributed by atoms with E-state index in [1.165, 1.54) is 19.3 Å². The van der Waals surface area contributed by atoms with E-state index in [0.717, 1.165) is 77.7 Å². The SMILES string of the molecule is CN=C(NCCCC(=O)OC1CCCC1)N1CCC(CN2CCOCC2)C1. The monoisotopic (exact) mass is 380 g/mol. The lowest BCUT2D eigenvalue weighted by atomic mass is 10.1. The number of nitrogens with zero attached hydrogens (tertiary/aromatic N) is 3. The van der Waals surface area contributed by atoms with Gasteiger partial charge in [-0.05, 0) is 44.4 Å². The first kappa shape index (κ1) is 20.4. The highest BCUT2D eigenvalue weighted by molar-refractivity contribution is 5.80. The molecule has 1 aliphatic carbocycles. The van der Waals surface area contributed by atoms with Crippen LogP contribution in [0.5, 0.6) is 0 Å². The maximum absolute atomic E-state index is 11.9. The van der Waals surface area contributed by atoms with Gasteiger partial charge in [0, 0.05) is 52.7 Å². The number of ether oxygens (including phenoxy) is 2. The summed E-state index contributed by atoms with van der Waals surface area (Å²) in [6.07, 6.45) is 7.12. The number of rotatable bonds is 7. The van der Waals surface area contributed by atoms with E-state index < -0.39 is 0 Å². The molecule has 27 heavy (non-hydrogen) atoms. The number of hydrogen-bond acceptors (Lipinski definition) is 5. The van der Waals surface area contributed by atoms with Gasteiger partial charge < -0.3 is 19.7 Å². The molecule has 1 saturated carbocycles. The smallest absolute Gasteiger partial charge is 0.306 e. The van der Waals surface area contributed by atoms with E-state index in [-0.39, 0.29) is 12.1 Å². The Bertz CT molecular complexity index is 488. The standard InChI is InChI=1S/C20H36N4O3/c1-21-20(22-9-4-7-19(25)27-18-5-2-3-6-18)24-10-8-17(16-24)15-23-11-13-26-14-12-23/h17-18H,2-16H2,1H3,(H,21,22). The number of morpholine rings is 1. The summed E-state index contributed by atoms with van der Waals surface area (Å²) >= 11 is 0. The number of hydrogen-bond donors (Lipinski definition) is 1. The molecule has 0 aromatic heterocycles. The summed E-state index contributed by atoms with van der Waals surface area (Å²) in [7, 11) is 1.84. The van der Waals surface area contributed by atoms with Crippen LogP contribution in [0.25, 0.3) is 0 Å². The van der Waals surface area contributed by atoms with Gasteiger partial charge in [-0.15, -0.1) is 0 Å². The van der Waals surface area contributed by atoms with Crippen molar-refractivity contribution in [3.05, 3.63) is 0 Å². The van der Waals surface area contributed by atoms with Gasteiger partial charge in [0.1, 0.15) is 6.10 Å². The van der Waals surface area contributed by atoms with Crippen LogP contribution in [0.1, 0.15) is 44.9 Å². The van der Waals surface area contributed by atoms with E-state index in [1.54, 1.807) is 0 Å². The molecule has 7 nitrogen and oxygen atoms in total. The summed E-state index contributed by atoms with van der Waals surface area (Å²) in [5, 5.41) is 3.42. The van der Waals surface area contributed by atoms with Crippen LogP contribution >= 0.6 is 0 Å². The Balaban J connectivity index is 1.30. The van der Waals surface area contributed by atoms with E-state index >= 15 is 0 Å². The fourth-order valence-corrected chi connectivity index (χ4v) is 4.34. The quantitative estimate of drug-likeness (QED) is 0.312. The number of carbonyl (C=O) groups is 1. The lowest BCUT2D eigenvalue weighted by Gasteiger charge is -2.29. The lowest BCUT2D eigenvalue weighted by molar-refractivity contribution is -0.148. The van der Waals surface area contributed by atoms with Gasteiger partial charge in [-0.1, -0.05) is 0 Å². The zero-order valence-electron chi connectivity index (χ0n) is 16.8. The minimum absolute atomic E-state index is 0.0505. The van der Waals surface area contributed by atoms with Crippen molar-refractivity contribution in [2.75, 3.05) is 59.5 Å². The van der Waals surface area contributed by atoms with Gasteiger partial charge in [0.15, 0.2) is 5.96 Å². The maximum Gasteiger partial charge on any atom is 0.306 e. The molecule has 2 saturated heterocycles. The average molecular weight is 381 g/mol. The Hall–Kier alpha value is -1.34. The van der Waals surface area contributed by atoms with Gasteiger partial charge >= 0.3 is 5.97 Å². The van der Waals surface area contributed by atoms with Crippen LogP contribution in [0.15, 0.2) is 4.99 Å². The number of nitrogens with one attached hydrogen (secondary N) is 1. The van der Waals surface area contributed by atoms with Crippen LogP contribution in [-0.2, 0) is 14.3 Å². The molecule has 3 fully saturated rings. The third-order valence-electron chi connectivity index (χ3n) is 5.86. The molecular weight excluding hydrogens is 344 g/mol. The topological polar surface area (TPSA) is 66.4 Å². The minimum Gasteiger partial charge on any atom is -0.462 e. The zero-order chi connectivity index (χ0) is 18.9. The number of aliphatic imine (C=N–C) groups is 1. The van der Waals surface area contributed by atoms with Crippen LogP contribution in [0.2, 0.25) is 0 Å². The Morgan fingerprint density at radius 1 is 1.19 bits per heavy atom. The highest BCUT2D eigenvalue weighted by Crippen LogP contribution is 2.21. The maximum atomic E-state index is 11.9. The first-order valence-electron chi connectivity index (χ1n) is 10.7. The highest BCUT2D eigenvalue weighted by Gasteiger charge is 2.27. The second kappa shape index (κ2) is 10.9. The van der Waals surface area contributed by atoms with Gasteiger partial charge in [0.05, 0.1) is 13.2 Å². The number of carbonyl (C=O) groups excluding carboxylic acids is 1. The predicted octanol–water partition coefficient (Wildman–Crippen LogP) is 1.48. The summed E-state index contributed by atoms with van der Waals surface area (Å²) in [5.41, 5.74) is 0. The number of guanidine groups is 1. The number of likely N-dealkylation sites (tertiary alicyclic amines) is 1. The minimum atomic E-state index is -0.0505. The van der Waals surface area contributed by atoms with Crippen molar-refractivity contribution in [1.82, 2.24) is 15.1 Å². The molecule has 2 heterocycles. The van der Waals surface area contributed by atoms with Gasteiger partial charge in [0.25, 0.3) is 0 Å². The molecule has 2 aliphatic heterocycles. The van der Waals surface area contributed by atoms with Crippen LogP contribution in [0, 0.1) is 5.92 Å². The van der Waals surface area contributed by atoms with Crippen LogP contribution in [0.3, 0.4) is 0 Å². The fraction of sp³-hybridized carbons (Fsp3) is 0.900. The third-order valence-corrected chi connectivity index (χ3v) is 5.86. The Labute approximate surface area is 163 Å². The molecule has 154 valence electrons. The Kier molecular flexibility index (Phi) is 8.20. The van der Waals surface area contributed by atoms with Crippen molar-refractivity contribution in [1.29, 1.82) is 0 Å². The van der Waals surface area contributed by atoms with Gasteiger partial charge in [0.2, 0.25) is 0 Å². The van der Waals surface area contributed by atoms with E-state index in [1.807, 2.05) is 7.05 Å². The second-order valence-electron chi connectivity index (χ2n) is 7.99. The molecule has 1 unspecified atom stereocenters. The largest absolute Gasteiger partial charge is 0.462 e. The summed E-state index contributed by atoms with van der Waals surface area (Å²) in [6.45, 7) is 7.87. The molecule has 0 aromatic carbocycles. The summed E-state index contributed by atoms with van der Waals surface area (Å²) in [4.78, 5) is 21.2. The predicted molar refractivity (Wildman–Crippen MR) is 106 cm³/mol. The van der Waals surface area contributed by atoms with E-state index in [0.29, 0.717) is 12.3 Å². The van der Waals surface area contributed by atoms with Gasteiger partial charge in [-0.3, -0.25) is 14.7 Å². The van der Waals surface area contributed by atoms with Crippen molar-refractivity contribution in [3.8, 4) is 0 Å². The van der Waals surface area contributed by atoms with Crippen molar-refractivity contribution in [2.45, 2.75) is 51.0 Å². The van der Waals surface area contributed by atoms with Crippen LogP contribution in [0.4, 0.5) is 0 Å². The van der Waals surface area contributed by atoms with Crippen molar-refractivity contribution in [3.63, 3.8) is 0 Å². The van der Waals surface area contributed by atoms with Gasteiger partial charge in [-0.2, -0.15) is 0 Å². The molecular formula is C20H36N4O3. The van der Waals surface area contributed by atoms with Crippen molar-refractivity contribution < 1.29 is 14.3 Å². The first-order valence-corrected chi connectivity index (χ1v) is 10.7. The van der Waals surface area contributed by atoms with Crippen LogP contribution < -0.4 is 5.32 Å². The van der Waals surface area contributed by atoms with E-state index in [9.17, 15) is 4.79 Å². The molecule has 0 bridgehead atoms. The zero-order valence-corrected chi connectivity index (χ0v) is 16.8. The fourth-order valence-electron chi connectivity index (χ4n) is 4.34. The van der Waals surface area contributed by atoms with Crippen molar-refractivity contribution in [2.24, 2.45) is 10.9 Å². The molecule has 3 aliphatic rings. The Morgan fingerprint density at radius 2 is 1.96 bits per heavy atom. The molecule has 0 amide bonds. The summed E-state index contributed by atoms with van der Waals surface area (Å²) in [5.74, 6) is 1.61. The molecule has 3 rings (SSSR count). The van der Waals surface area contributed by atoms with E-state index in [4.69, 9.17) is 9.47 Å². The third kappa shape index (κ3) is 6.64. The first-order chi connectivity index (χ1) is 13.2. The normalized spacial score (nSPS) is 25.1. The average Bonchev–Trinajstić information content (AvgIpc) is 3.35. The van der Waals surface area contributed by atoms with Crippen molar-refractivity contribution >= 4 is 11.9 Å². The Morgan fingerprint density at radius 3 is 2.70 bits per heavy atom. The number of esters is 1. The molecule has 0 radical (unpaired) electrons. The summed E-state index contributed by atoms with van der Waals surface area (Å²) in [6, 6.07) is 0. The van der Waals surface area contributed by atoms with Gasteiger partial charge in [-0.25, -0.2) is 0 Å². The second-order valence-corrected chi connectivity index (χ2v) is 7.99. The lowest BCUT2D eigenvalue weighted by Crippen LogP contribution is -2.42. The summed E-state index contributed by atoms with van der Waals surface area (Å²) < 4.78 is 10.9. The molecule has 7 heteroatoms. The van der Waals surface area contributed by atoms with Crippen LogP contribution in [-0.4, -0.2) is 87.4 Å². The van der Waals surface area contributed by atoms with E-state index in [2.05, 4.69) is 20.1 Å². The molecule has 0 spiro atoms.